The molecule has 0 radical (unpaired) electrons. The highest BCUT2D eigenvalue weighted by Gasteiger charge is 2.16. The Bertz CT molecular complexity index is 549. The molecule has 0 aromatic heterocycles. The summed E-state index contributed by atoms with van der Waals surface area (Å²) in [7, 11) is -3.57. The second-order valence-corrected chi connectivity index (χ2v) is 6.92. The number of hydrogen-bond donors (Lipinski definition) is 2. The van der Waals surface area contributed by atoms with Crippen LogP contribution >= 0.6 is 0 Å². The van der Waals surface area contributed by atoms with Crippen LogP contribution in [0.15, 0.2) is 29.2 Å². The molecule has 112 valence electrons. The second-order valence-electron chi connectivity index (χ2n) is 5.15. The fourth-order valence-electron chi connectivity index (χ4n) is 1.65. The van der Waals surface area contributed by atoms with Gasteiger partial charge in [-0.15, -0.1) is 0 Å². The van der Waals surface area contributed by atoms with E-state index in [0.717, 1.165) is 5.56 Å². The lowest BCUT2D eigenvalue weighted by atomic mass is 10.0. The molecule has 0 spiro atoms. The molecule has 1 atom stereocenters. The van der Waals surface area contributed by atoms with Gasteiger partial charge in [0.2, 0.25) is 10.0 Å². The van der Waals surface area contributed by atoms with Crippen LogP contribution in [-0.4, -0.2) is 26.0 Å². The summed E-state index contributed by atoms with van der Waals surface area (Å²) in [6.45, 7) is 5.74. The summed E-state index contributed by atoms with van der Waals surface area (Å²) in [5.41, 5.74) is 1.07. The smallest absolute Gasteiger partial charge is 0.306 e. The average Bonchev–Trinajstić information content (AvgIpc) is 2.38. The normalized spacial score (nSPS) is 13.4. The van der Waals surface area contributed by atoms with Gasteiger partial charge in [0.1, 0.15) is 0 Å². The van der Waals surface area contributed by atoms with Gasteiger partial charge in [0, 0.05) is 6.54 Å². The van der Waals surface area contributed by atoms with Crippen molar-refractivity contribution < 1.29 is 18.3 Å². The molecule has 20 heavy (non-hydrogen) atoms. The summed E-state index contributed by atoms with van der Waals surface area (Å²) in [6.07, 6.45) is 0.263. The van der Waals surface area contributed by atoms with Crippen LogP contribution in [-0.2, 0) is 14.8 Å². The van der Waals surface area contributed by atoms with Crippen molar-refractivity contribution in [2.45, 2.75) is 38.0 Å². The zero-order chi connectivity index (χ0) is 15.3. The topological polar surface area (TPSA) is 83.5 Å². The van der Waals surface area contributed by atoms with Gasteiger partial charge in [0.25, 0.3) is 0 Å². The van der Waals surface area contributed by atoms with Crippen molar-refractivity contribution in [1.29, 1.82) is 0 Å². The molecule has 0 saturated heterocycles. The van der Waals surface area contributed by atoms with Crippen molar-refractivity contribution in [2.75, 3.05) is 6.54 Å². The molecule has 1 rings (SSSR count). The fourth-order valence-corrected chi connectivity index (χ4v) is 2.70. The van der Waals surface area contributed by atoms with Gasteiger partial charge in [-0.25, -0.2) is 13.1 Å². The third-order valence-electron chi connectivity index (χ3n) is 3.15. The number of carboxylic acids is 1. The van der Waals surface area contributed by atoms with Gasteiger partial charge in [-0.3, -0.25) is 4.79 Å². The standard InChI is InChI=1S/C14H21NO4S/c1-10(2)12-4-6-13(7-5-12)20(18,19)15-9-8-11(3)14(16)17/h4-7,10-11,15H,8-9H2,1-3H3,(H,16,17). The summed E-state index contributed by atoms with van der Waals surface area (Å²) in [6, 6.07) is 6.72. The van der Waals surface area contributed by atoms with E-state index in [9.17, 15) is 13.2 Å². The van der Waals surface area contributed by atoms with Crippen LogP contribution in [0.2, 0.25) is 0 Å². The molecule has 0 heterocycles. The minimum absolute atomic E-state index is 0.113. The molecule has 0 amide bonds. The van der Waals surface area contributed by atoms with Crippen LogP contribution in [0.5, 0.6) is 0 Å². The number of carbonyl (C=O) groups is 1. The van der Waals surface area contributed by atoms with Gasteiger partial charge in [0.05, 0.1) is 10.8 Å². The van der Waals surface area contributed by atoms with Crippen LogP contribution in [0, 0.1) is 5.92 Å². The minimum Gasteiger partial charge on any atom is -0.481 e. The Balaban J connectivity index is 2.67. The van der Waals surface area contributed by atoms with E-state index >= 15 is 0 Å². The number of hydrogen-bond acceptors (Lipinski definition) is 3. The molecule has 5 nitrogen and oxygen atoms in total. The molecule has 0 saturated carbocycles. The Morgan fingerprint density at radius 3 is 2.20 bits per heavy atom. The molecule has 0 aliphatic heterocycles. The number of sulfonamides is 1. The summed E-state index contributed by atoms with van der Waals surface area (Å²) in [4.78, 5) is 10.8. The first-order chi connectivity index (χ1) is 9.24. The first-order valence-corrected chi connectivity index (χ1v) is 8.05. The second kappa shape index (κ2) is 6.85. The minimum atomic E-state index is -3.57. The summed E-state index contributed by atoms with van der Waals surface area (Å²) in [5.74, 6) is -1.15. The summed E-state index contributed by atoms with van der Waals surface area (Å²) < 4.78 is 26.4. The zero-order valence-corrected chi connectivity index (χ0v) is 12.8. The highest BCUT2D eigenvalue weighted by atomic mass is 32.2. The van der Waals surface area contributed by atoms with E-state index in [2.05, 4.69) is 4.72 Å². The molecule has 0 fully saturated rings. The number of rotatable bonds is 7. The summed E-state index contributed by atoms with van der Waals surface area (Å²) >= 11 is 0. The maximum atomic E-state index is 12.0. The molecule has 2 N–H and O–H groups in total. The Morgan fingerprint density at radius 1 is 1.20 bits per heavy atom. The van der Waals surface area contributed by atoms with E-state index in [1.165, 1.54) is 0 Å². The van der Waals surface area contributed by atoms with Gasteiger partial charge in [0.15, 0.2) is 0 Å². The molecule has 1 aromatic carbocycles. The maximum Gasteiger partial charge on any atom is 0.306 e. The highest BCUT2D eigenvalue weighted by molar-refractivity contribution is 7.89. The molecule has 1 aromatic rings. The van der Waals surface area contributed by atoms with E-state index in [-0.39, 0.29) is 17.9 Å². The molecule has 1 unspecified atom stereocenters. The van der Waals surface area contributed by atoms with Crippen LogP contribution in [0.1, 0.15) is 38.7 Å². The highest BCUT2D eigenvalue weighted by Crippen LogP contribution is 2.17. The Morgan fingerprint density at radius 2 is 1.75 bits per heavy atom. The third-order valence-corrected chi connectivity index (χ3v) is 4.63. The molecular formula is C14H21NO4S. The molecule has 0 aliphatic rings. The van der Waals surface area contributed by atoms with Crippen molar-refractivity contribution in [3.63, 3.8) is 0 Å². The van der Waals surface area contributed by atoms with Crippen molar-refractivity contribution in [1.82, 2.24) is 4.72 Å². The largest absolute Gasteiger partial charge is 0.481 e. The third kappa shape index (κ3) is 4.61. The van der Waals surface area contributed by atoms with Crippen molar-refractivity contribution in [2.24, 2.45) is 5.92 Å². The number of aliphatic carboxylic acids is 1. The predicted molar refractivity (Wildman–Crippen MR) is 77.1 cm³/mol. The fraction of sp³-hybridized carbons (Fsp3) is 0.500. The van der Waals surface area contributed by atoms with Crippen molar-refractivity contribution in [3.05, 3.63) is 29.8 Å². The Hall–Kier alpha value is -1.40. The Kier molecular flexibility index (Phi) is 5.71. The van der Waals surface area contributed by atoms with E-state index in [1.807, 2.05) is 13.8 Å². The quantitative estimate of drug-likeness (QED) is 0.808. The zero-order valence-electron chi connectivity index (χ0n) is 12.0. The number of nitrogens with one attached hydrogen (secondary N) is 1. The first kappa shape index (κ1) is 16.7. The van der Waals surface area contributed by atoms with E-state index in [4.69, 9.17) is 5.11 Å². The van der Waals surface area contributed by atoms with Crippen molar-refractivity contribution in [3.8, 4) is 0 Å². The van der Waals surface area contributed by atoms with E-state index in [0.29, 0.717) is 5.92 Å². The molecule has 0 bridgehead atoms. The predicted octanol–water partition coefficient (Wildman–Crippen LogP) is 2.20. The van der Waals surface area contributed by atoms with Crippen LogP contribution in [0.4, 0.5) is 0 Å². The lowest BCUT2D eigenvalue weighted by molar-refractivity contribution is -0.141. The van der Waals surface area contributed by atoms with Gasteiger partial charge in [-0.2, -0.15) is 0 Å². The van der Waals surface area contributed by atoms with Crippen LogP contribution in [0.25, 0.3) is 0 Å². The van der Waals surface area contributed by atoms with Crippen LogP contribution < -0.4 is 4.72 Å². The summed E-state index contributed by atoms with van der Waals surface area (Å²) in [5, 5.41) is 8.73. The molecular weight excluding hydrogens is 278 g/mol. The van der Waals surface area contributed by atoms with E-state index in [1.54, 1.807) is 31.2 Å². The average molecular weight is 299 g/mol. The van der Waals surface area contributed by atoms with Gasteiger partial charge < -0.3 is 5.11 Å². The van der Waals surface area contributed by atoms with Crippen molar-refractivity contribution >= 4 is 16.0 Å². The number of benzene rings is 1. The lowest BCUT2D eigenvalue weighted by Gasteiger charge is -2.10. The van der Waals surface area contributed by atoms with E-state index < -0.39 is 21.9 Å². The molecule has 0 aliphatic carbocycles. The SMILES string of the molecule is CC(CCNS(=O)(=O)c1ccc(C(C)C)cc1)C(=O)O. The van der Waals surface area contributed by atoms with Gasteiger partial charge in [-0.05, 0) is 30.0 Å². The van der Waals surface area contributed by atoms with Gasteiger partial charge >= 0.3 is 5.97 Å². The first-order valence-electron chi connectivity index (χ1n) is 6.56. The van der Waals surface area contributed by atoms with Crippen LogP contribution in [0.3, 0.4) is 0 Å². The lowest BCUT2D eigenvalue weighted by Crippen LogP contribution is -2.27. The molecule has 6 heteroatoms. The number of carboxylic acid groups (broad SMARTS) is 1. The monoisotopic (exact) mass is 299 g/mol. The van der Waals surface area contributed by atoms with Gasteiger partial charge in [-0.1, -0.05) is 32.9 Å². The maximum absolute atomic E-state index is 12.0. The Labute approximate surface area is 120 Å².